The van der Waals surface area contributed by atoms with Crippen LogP contribution in [0.3, 0.4) is 0 Å². The molecule has 0 heterocycles. The molecule has 0 bridgehead atoms. The molecule has 7 heavy (non-hydrogen) atoms. The molecule has 0 spiro atoms. The van der Waals surface area contributed by atoms with E-state index in [9.17, 15) is 4.79 Å². The van der Waals surface area contributed by atoms with Crippen LogP contribution in [0.2, 0.25) is 0 Å². The van der Waals surface area contributed by atoms with E-state index in [1.807, 2.05) is 0 Å². The van der Waals surface area contributed by atoms with E-state index in [1.54, 1.807) is 6.92 Å². The molecule has 2 nitrogen and oxygen atoms in total. The molecule has 3 heteroatoms. The van der Waals surface area contributed by atoms with Crippen LogP contribution in [0.5, 0.6) is 0 Å². The summed E-state index contributed by atoms with van der Waals surface area (Å²) in [6.07, 6.45) is 0. The maximum absolute atomic E-state index is 10.2. The van der Waals surface area contributed by atoms with E-state index < -0.39 is 0 Å². The van der Waals surface area contributed by atoms with Crippen LogP contribution >= 0.6 is 0 Å². The van der Waals surface area contributed by atoms with Crippen LogP contribution in [0.4, 0.5) is 0 Å². The standard InChI is InChI=1S/C4H6O2.Mo/c1-3(2)4(5)6;/h1H2,2H3,(H,5,6);/q;+1/p-1. The summed E-state index contributed by atoms with van der Waals surface area (Å²) in [7, 11) is 0. The van der Waals surface area contributed by atoms with Gasteiger partial charge in [0.25, 0.3) is 0 Å². The van der Waals surface area contributed by atoms with Crippen molar-refractivity contribution >= 4 is 5.97 Å². The summed E-state index contributed by atoms with van der Waals surface area (Å²) in [5.41, 5.74) is 0.435. The Balaban J connectivity index is 3.58. The molecule has 0 saturated heterocycles. The Kier molecular flexibility index (Phi) is 2.93. The fourth-order valence-electron chi connectivity index (χ4n) is 0.0711. The molecule has 0 unspecified atom stereocenters. The van der Waals surface area contributed by atoms with Crippen LogP contribution < -0.4 is 0 Å². The quantitative estimate of drug-likeness (QED) is 0.436. The van der Waals surface area contributed by atoms with Crippen LogP contribution in [-0.2, 0) is 28.4 Å². The molecular weight excluding hydrogens is 176 g/mol. The Morgan fingerprint density at radius 1 is 1.86 bits per heavy atom. The average molecular weight is 181 g/mol. The first kappa shape index (κ1) is 6.90. The second kappa shape index (κ2) is 2.97. The van der Waals surface area contributed by atoms with Crippen molar-refractivity contribution in [2.75, 3.05) is 0 Å². The predicted octanol–water partition coefficient (Wildman–Crippen LogP) is 0.567. The Morgan fingerprint density at radius 2 is 2.29 bits per heavy atom. The zero-order chi connectivity index (χ0) is 5.86. The van der Waals surface area contributed by atoms with Gasteiger partial charge < -0.3 is 0 Å². The third kappa shape index (κ3) is 2.58. The molecule has 0 aromatic rings. The molecule has 0 saturated carbocycles. The molecule has 0 aromatic carbocycles. The Bertz CT molecular complexity index is 97.9. The Labute approximate surface area is 53.9 Å². The van der Waals surface area contributed by atoms with E-state index in [0.29, 0.717) is 5.57 Å². The third-order valence-corrected chi connectivity index (χ3v) is 0.796. The summed E-state index contributed by atoms with van der Waals surface area (Å²) in [5.74, 6) is -0.343. The van der Waals surface area contributed by atoms with Crippen LogP contribution in [0.1, 0.15) is 6.92 Å². The average Bonchev–Trinajstić information content (AvgIpc) is 1.65. The first-order valence-corrected chi connectivity index (χ1v) is 2.50. The molecule has 0 radical (unpaired) electrons. The number of carbonyl (C=O) groups excluding carboxylic acids is 1. The van der Waals surface area contributed by atoms with Crippen molar-refractivity contribution < 1.29 is 28.4 Å². The van der Waals surface area contributed by atoms with Gasteiger partial charge >= 0.3 is 53.4 Å². The Morgan fingerprint density at radius 3 is 2.29 bits per heavy atom. The molecule has 0 aliphatic heterocycles. The van der Waals surface area contributed by atoms with Gasteiger partial charge in [0.2, 0.25) is 0 Å². The van der Waals surface area contributed by atoms with Gasteiger partial charge in [-0.3, -0.25) is 0 Å². The first-order valence-electron chi connectivity index (χ1n) is 1.68. The molecule has 0 atom stereocenters. The van der Waals surface area contributed by atoms with Crippen molar-refractivity contribution in [3.63, 3.8) is 0 Å². The van der Waals surface area contributed by atoms with Crippen molar-refractivity contribution in [1.82, 2.24) is 0 Å². The van der Waals surface area contributed by atoms with Gasteiger partial charge in [-0.2, -0.15) is 0 Å². The van der Waals surface area contributed by atoms with E-state index in [1.165, 1.54) is 20.2 Å². The van der Waals surface area contributed by atoms with Crippen molar-refractivity contribution in [1.29, 1.82) is 0 Å². The molecule has 0 N–H and O–H groups in total. The SMILES string of the molecule is C=C(C)C(=O)[O][Mo]. The van der Waals surface area contributed by atoms with Gasteiger partial charge in [-0.25, -0.2) is 0 Å². The van der Waals surface area contributed by atoms with Gasteiger partial charge in [0.15, 0.2) is 0 Å². The summed E-state index contributed by atoms with van der Waals surface area (Å²) < 4.78 is 4.28. The number of rotatable bonds is 1. The zero-order valence-corrected chi connectivity index (χ0v) is 5.94. The summed E-state index contributed by atoms with van der Waals surface area (Å²) in [5, 5.41) is 0. The van der Waals surface area contributed by atoms with E-state index in [-0.39, 0.29) is 5.97 Å². The topological polar surface area (TPSA) is 26.3 Å². The fraction of sp³-hybridized carbons (Fsp3) is 0.250. The van der Waals surface area contributed by atoms with Gasteiger partial charge in [0.05, 0.1) is 0 Å². The normalized spacial score (nSPS) is 7.57. The van der Waals surface area contributed by atoms with E-state index in [4.69, 9.17) is 0 Å². The van der Waals surface area contributed by atoms with E-state index in [2.05, 4.69) is 9.97 Å². The van der Waals surface area contributed by atoms with Crippen LogP contribution in [-0.4, -0.2) is 5.97 Å². The van der Waals surface area contributed by atoms with Gasteiger partial charge in [-0.15, -0.1) is 0 Å². The number of hydrogen-bond donors (Lipinski definition) is 0. The molecular formula is C4H5MoO2. The second-order valence-corrected chi connectivity index (χ2v) is 1.56. The van der Waals surface area contributed by atoms with Gasteiger partial charge in [-0.1, -0.05) is 0 Å². The maximum atomic E-state index is 10.2. The van der Waals surface area contributed by atoms with Gasteiger partial charge in [0, 0.05) is 0 Å². The predicted molar refractivity (Wildman–Crippen MR) is 20.9 cm³/mol. The van der Waals surface area contributed by atoms with Crippen LogP contribution in [0, 0.1) is 0 Å². The minimum atomic E-state index is -0.343. The van der Waals surface area contributed by atoms with Crippen molar-refractivity contribution in [3.05, 3.63) is 12.2 Å². The van der Waals surface area contributed by atoms with Gasteiger partial charge in [-0.05, 0) is 0 Å². The van der Waals surface area contributed by atoms with Crippen molar-refractivity contribution in [3.8, 4) is 0 Å². The molecule has 0 rings (SSSR count). The molecule has 0 aliphatic carbocycles. The summed E-state index contributed by atoms with van der Waals surface area (Å²) >= 11 is 1.27. The summed E-state index contributed by atoms with van der Waals surface area (Å²) in [6, 6.07) is 0. The summed E-state index contributed by atoms with van der Waals surface area (Å²) in [4.78, 5) is 10.2. The van der Waals surface area contributed by atoms with Crippen LogP contribution in [0.25, 0.3) is 0 Å². The van der Waals surface area contributed by atoms with E-state index in [0.717, 1.165) is 0 Å². The number of carbonyl (C=O) groups is 1. The van der Waals surface area contributed by atoms with Crippen molar-refractivity contribution in [2.45, 2.75) is 6.92 Å². The monoisotopic (exact) mass is 183 g/mol. The van der Waals surface area contributed by atoms with E-state index >= 15 is 0 Å². The summed E-state index contributed by atoms with van der Waals surface area (Å²) in [6.45, 7) is 4.96. The number of hydrogen-bond acceptors (Lipinski definition) is 2. The molecule has 0 aliphatic rings. The molecule has 0 aromatic heterocycles. The Hall–Kier alpha value is -0.102. The zero-order valence-electron chi connectivity index (χ0n) is 3.93. The fourth-order valence-corrected chi connectivity index (χ4v) is 0.421. The molecule has 0 fully saturated rings. The van der Waals surface area contributed by atoms with Gasteiger partial charge in [0.1, 0.15) is 0 Å². The minimum absolute atomic E-state index is 0.343. The van der Waals surface area contributed by atoms with Crippen LogP contribution in [0.15, 0.2) is 12.2 Å². The van der Waals surface area contributed by atoms with Crippen molar-refractivity contribution in [2.24, 2.45) is 0 Å². The molecule has 0 amide bonds. The third-order valence-electron chi connectivity index (χ3n) is 0.424. The first-order chi connectivity index (χ1) is 3.18. The second-order valence-electron chi connectivity index (χ2n) is 1.15. The molecule has 39 valence electrons.